The quantitative estimate of drug-likeness (QED) is 0.598. The van der Waals surface area contributed by atoms with Gasteiger partial charge in [0.1, 0.15) is 11.5 Å². The summed E-state index contributed by atoms with van der Waals surface area (Å²) in [5, 5.41) is 14.2. The van der Waals surface area contributed by atoms with E-state index in [9.17, 15) is 9.90 Å². The lowest BCUT2D eigenvalue weighted by molar-refractivity contribution is -0.123. The number of phenols is 1. The molecule has 0 aliphatic heterocycles. The van der Waals surface area contributed by atoms with Crippen LogP contribution in [-0.4, -0.2) is 23.8 Å². The molecule has 0 heterocycles. The van der Waals surface area contributed by atoms with E-state index in [0.717, 1.165) is 4.47 Å². The molecular formula is C16H14BrClN2O3. The van der Waals surface area contributed by atoms with Crippen LogP contribution >= 0.6 is 27.5 Å². The molecule has 23 heavy (non-hydrogen) atoms. The van der Waals surface area contributed by atoms with Crippen molar-refractivity contribution >= 4 is 39.7 Å². The number of carbonyl (C=O) groups excluding carboxylic acids is 1. The molecule has 2 rings (SSSR count). The fourth-order valence-electron chi connectivity index (χ4n) is 1.77. The van der Waals surface area contributed by atoms with E-state index in [-0.39, 0.29) is 12.4 Å². The highest BCUT2D eigenvalue weighted by atomic mass is 79.9. The maximum absolute atomic E-state index is 11.7. The molecule has 120 valence electrons. The number of hydrazone groups is 1. The minimum absolute atomic E-state index is 0.112. The van der Waals surface area contributed by atoms with E-state index in [1.165, 1.54) is 6.21 Å². The van der Waals surface area contributed by atoms with Crippen molar-refractivity contribution in [1.29, 1.82) is 0 Å². The lowest BCUT2D eigenvalue weighted by Crippen LogP contribution is -2.24. The van der Waals surface area contributed by atoms with Crippen LogP contribution < -0.4 is 10.2 Å². The van der Waals surface area contributed by atoms with Crippen LogP contribution in [0.25, 0.3) is 0 Å². The van der Waals surface area contributed by atoms with Crippen molar-refractivity contribution in [2.75, 3.05) is 6.61 Å². The van der Waals surface area contributed by atoms with Gasteiger partial charge < -0.3 is 9.84 Å². The molecule has 0 atom stereocenters. The number of aromatic hydroxyl groups is 1. The van der Waals surface area contributed by atoms with Gasteiger partial charge in [0.25, 0.3) is 5.91 Å². The van der Waals surface area contributed by atoms with Gasteiger partial charge in [0.05, 0.1) is 6.21 Å². The number of nitrogens with zero attached hydrogens (tertiary/aromatic N) is 1. The first kappa shape index (κ1) is 17.3. The highest BCUT2D eigenvalue weighted by molar-refractivity contribution is 9.10. The number of halogens is 2. The lowest BCUT2D eigenvalue weighted by atomic mass is 10.1. The van der Waals surface area contributed by atoms with Gasteiger partial charge in [0.2, 0.25) is 0 Å². The first-order valence-corrected chi connectivity index (χ1v) is 7.82. The Kier molecular flexibility index (Phi) is 6.01. The molecule has 7 heteroatoms. The first-order valence-electron chi connectivity index (χ1n) is 6.65. The van der Waals surface area contributed by atoms with E-state index in [0.29, 0.717) is 21.9 Å². The van der Waals surface area contributed by atoms with E-state index >= 15 is 0 Å². The zero-order valence-corrected chi connectivity index (χ0v) is 14.6. The second-order valence-corrected chi connectivity index (χ2v) is 6.05. The van der Waals surface area contributed by atoms with Crippen LogP contribution in [0.2, 0.25) is 5.02 Å². The molecule has 0 aliphatic rings. The average molecular weight is 398 g/mol. The minimum Gasteiger partial charge on any atom is -0.507 e. The number of nitrogens with one attached hydrogen (secondary N) is 1. The fourth-order valence-corrected chi connectivity index (χ4v) is 2.54. The maximum Gasteiger partial charge on any atom is 0.277 e. The highest BCUT2D eigenvalue weighted by Gasteiger charge is 2.05. The third-order valence-corrected chi connectivity index (χ3v) is 3.55. The summed E-state index contributed by atoms with van der Waals surface area (Å²) in [6.07, 6.45) is 1.37. The van der Waals surface area contributed by atoms with Crippen molar-refractivity contribution in [3.63, 3.8) is 0 Å². The smallest absolute Gasteiger partial charge is 0.277 e. The standard InChI is InChI=1S/C16H14BrClN2O3/c1-10-5-12(17)6-11(16(10)22)8-19-20-15(21)9-23-14-4-2-3-13(18)7-14/h2-8,22H,9H2,1H3,(H,20,21)/b19-8+. The average Bonchev–Trinajstić information content (AvgIpc) is 2.50. The molecule has 1 amide bonds. The van der Waals surface area contributed by atoms with E-state index in [1.807, 2.05) is 0 Å². The third-order valence-electron chi connectivity index (χ3n) is 2.85. The van der Waals surface area contributed by atoms with Gasteiger partial charge in [0.15, 0.2) is 6.61 Å². The number of aryl methyl sites for hydroxylation is 1. The summed E-state index contributed by atoms with van der Waals surface area (Å²) >= 11 is 9.15. The number of phenolic OH excluding ortho intramolecular Hbond substituents is 1. The molecule has 2 N–H and O–H groups in total. The Morgan fingerprint density at radius 2 is 2.22 bits per heavy atom. The van der Waals surface area contributed by atoms with Gasteiger partial charge in [-0.3, -0.25) is 4.79 Å². The molecule has 0 aromatic heterocycles. The fraction of sp³-hybridized carbons (Fsp3) is 0.125. The van der Waals surface area contributed by atoms with Crippen molar-refractivity contribution in [2.45, 2.75) is 6.92 Å². The van der Waals surface area contributed by atoms with Gasteiger partial charge in [-0.15, -0.1) is 0 Å². The van der Waals surface area contributed by atoms with Gasteiger partial charge in [-0.2, -0.15) is 5.10 Å². The van der Waals surface area contributed by atoms with Crippen molar-refractivity contribution in [2.24, 2.45) is 5.10 Å². The highest BCUT2D eigenvalue weighted by Crippen LogP contribution is 2.25. The first-order chi connectivity index (χ1) is 11.0. The Morgan fingerprint density at radius 1 is 1.43 bits per heavy atom. The maximum atomic E-state index is 11.7. The molecule has 0 unspecified atom stereocenters. The van der Waals surface area contributed by atoms with Crippen molar-refractivity contribution in [3.8, 4) is 11.5 Å². The SMILES string of the molecule is Cc1cc(Br)cc(/C=N/NC(=O)COc2cccc(Cl)c2)c1O. The predicted octanol–water partition coefficient (Wildman–Crippen LogP) is 3.65. The molecule has 0 fully saturated rings. The molecule has 0 bridgehead atoms. The van der Waals surface area contributed by atoms with Crippen LogP contribution in [0.1, 0.15) is 11.1 Å². The number of carbonyl (C=O) groups is 1. The topological polar surface area (TPSA) is 70.9 Å². The van der Waals surface area contributed by atoms with Crippen LogP contribution in [-0.2, 0) is 4.79 Å². The molecular weight excluding hydrogens is 384 g/mol. The molecule has 0 saturated heterocycles. The van der Waals surface area contributed by atoms with Crippen LogP contribution in [0.15, 0.2) is 46.0 Å². The van der Waals surface area contributed by atoms with Gasteiger partial charge in [-0.25, -0.2) is 5.43 Å². The molecule has 0 aliphatic carbocycles. The predicted molar refractivity (Wildman–Crippen MR) is 93.2 cm³/mol. The summed E-state index contributed by atoms with van der Waals surface area (Å²) in [5.41, 5.74) is 3.53. The second kappa shape index (κ2) is 7.99. The minimum atomic E-state index is -0.424. The molecule has 2 aromatic carbocycles. The van der Waals surface area contributed by atoms with Crippen LogP contribution in [0, 0.1) is 6.92 Å². The number of rotatable bonds is 5. The summed E-state index contributed by atoms with van der Waals surface area (Å²) in [7, 11) is 0. The molecule has 0 spiro atoms. The zero-order valence-electron chi connectivity index (χ0n) is 12.2. The van der Waals surface area contributed by atoms with Gasteiger partial charge >= 0.3 is 0 Å². The molecule has 0 radical (unpaired) electrons. The molecule has 2 aromatic rings. The molecule has 5 nitrogen and oxygen atoms in total. The summed E-state index contributed by atoms with van der Waals surface area (Å²) < 4.78 is 6.10. The van der Waals surface area contributed by atoms with Crippen molar-refractivity contribution in [3.05, 3.63) is 57.0 Å². The zero-order chi connectivity index (χ0) is 16.8. The van der Waals surface area contributed by atoms with Crippen molar-refractivity contribution < 1.29 is 14.6 Å². The van der Waals surface area contributed by atoms with Gasteiger partial charge in [0, 0.05) is 15.1 Å². The molecule has 0 saturated carbocycles. The van der Waals surface area contributed by atoms with E-state index in [2.05, 4.69) is 26.5 Å². The number of benzene rings is 2. The number of ether oxygens (including phenoxy) is 1. The third kappa shape index (κ3) is 5.26. The normalized spacial score (nSPS) is 10.7. The van der Waals surface area contributed by atoms with E-state index in [1.54, 1.807) is 43.3 Å². The summed E-state index contributed by atoms with van der Waals surface area (Å²) in [4.78, 5) is 11.7. The Labute approximate surface area is 147 Å². The van der Waals surface area contributed by atoms with Crippen molar-refractivity contribution in [1.82, 2.24) is 5.43 Å². The monoisotopic (exact) mass is 396 g/mol. The Balaban J connectivity index is 1.89. The summed E-state index contributed by atoms with van der Waals surface area (Å²) in [5.74, 6) is 0.186. The van der Waals surface area contributed by atoms with Crippen LogP contribution in [0.4, 0.5) is 0 Å². The lowest BCUT2D eigenvalue weighted by Gasteiger charge is -2.06. The number of amides is 1. The van der Waals surface area contributed by atoms with Gasteiger partial charge in [-0.1, -0.05) is 33.6 Å². The van der Waals surface area contributed by atoms with Crippen LogP contribution in [0.5, 0.6) is 11.5 Å². The largest absolute Gasteiger partial charge is 0.507 e. The van der Waals surface area contributed by atoms with Gasteiger partial charge in [-0.05, 0) is 42.8 Å². The summed E-state index contributed by atoms with van der Waals surface area (Å²) in [6.45, 7) is 1.58. The number of hydrogen-bond donors (Lipinski definition) is 2. The van der Waals surface area contributed by atoms with E-state index < -0.39 is 5.91 Å². The Hall–Kier alpha value is -2.05. The summed E-state index contributed by atoms with van der Waals surface area (Å²) in [6, 6.07) is 10.2. The Bertz CT molecular complexity index is 750. The Morgan fingerprint density at radius 3 is 2.96 bits per heavy atom. The van der Waals surface area contributed by atoms with E-state index in [4.69, 9.17) is 16.3 Å². The number of hydrogen-bond acceptors (Lipinski definition) is 4. The second-order valence-electron chi connectivity index (χ2n) is 4.70. The van der Waals surface area contributed by atoms with Crippen LogP contribution in [0.3, 0.4) is 0 Å².